The van der Waals surface area contributed by atoms with Crippen molar-refractivity contribution >= 4 is 45.6 Å². The van der Waals surface area contributed by atoms with Crippen LogP contribution in [-0.2, 0) is 0 Å². The van der Waals surface area contributed by atoms with Gasteiger partial charge in [-0.05, 0) is 124 Å². The summed E-state index contributed by atoms with van der Waals surface area (Å²) in [5, 5.41) is 8.53. The molecule has 6 rings (SSSR count). The summed E-state index contributed by atoms with van der Waals surface area (Å²) in [6.07, 6.45) is 3.26. The fourth-order valence-electron chi connectivity index (χ4n) is 7.25. The number of hydrogen-bond acceptors (Lipinski definition) is 12. The molecule has 0 amide bonds. The number of rotatable bonds is 5. The molecule has 0 spiro atoms. The third-order valence-electron chi connectivity index (χ3n) is 9.72. The number of anilines is 4. The van der Waals surface area contributed by atoms with Crippen molar-refractivity contribution in [3.8, 4) is 0 Å². The molecule has 0 radical (unpaired) electrons. The van der Waals surface area contributed by atoms with Crippen molar-refractivity contribution in [3.05, 3.63) is 34.6 Å². The Balaban J connectivity index is 0.000000184. The maximum absolute atomic E-state index is 6.20. The van der Waals surface area contributed by atoms with E-state index in [-0.39, 0.29) is 11.1 Å². The summed E-state index contributed by atoms with van der Waals surface area (Å²) in [4.78, 5) is 31.8. The topological polar surface area (TPSA) is 160 Å². The predicted octanol–water partition coefficient (Wildman–Crippen LogP) is 4.87. The highest BCUT2D eigenvalue weighted by Crippen LogP contribution is 2.38. The minimum Gasteiger partial charge on any atom is -0.383 e. The summed E-state index contributed by atoms with van der Waals surface area (Å²) in [6, 6.07) is 4.31. The van der Waals surface area contributed by atoms with Crippen LogP contribution in [0.3, 0.4) is 0 Å². The van der Waals surface area contributed by atoms with Crippen LogP contribution in [-0.4, -0.2) is 90.6 Å². The Labute approximate surface area is 273 Å². The Morgan fingerprint density at radius 2 is 1.26 bits per heavy atom. The second-order valence-corrected chi connectivity index (χ2v) is 14.7. The van der Waals surface area contributed by atoms with Gasteiger partial charge in [0.15, 0.2) is 11.3 Å². The van der Waals surface area contributed by atoms with Crippen LogP contribution in [0.2, 0.25) is 0 Å². The Kier molecular flexibility index (Phi) is 9.25. The van der Waals surface area contributed by atoms with Crippen molar-refractivity contribution in [1.29, 1.82) is 0 Å². The van der Waals surface area contributed by atoms with Crippen LogP contribution in [0.1, 0.15) is 69.5 Å². The lowest BCUT2D eigenvalue weighted by Gasteiger charge is -2.53. The number of nitrogens with two attached hydrogens (primary N) is 2. The van der Waals surface area contributed by atoms with Crippen molar-refractivity contribution in [3.63, 3.8) is 0 Å². The number of hydrogen-bond donors (Lipinski definition) is 4. The van der Waals surface area contributed by atoms with Gasteiger partial charge in [-0.1, -0.05) is 0 Å². The van der Waals surface area contributed by atoms with Crippen LogP contribution < -0.4 is 22.1 Å². The first kappa shape index (κ1) is 33.5. The van der Waals surface area contributed by atoms with Gasteiger partial charge in [-0.15, -0.1) is 0 Å². The van der Waals surface area contributed by atoms with Crippen LogP contribution in [0.15, 0.2) is 12.1 Å². The fraction of sp³-hybridized carbons (Fsp3) is 0.588. The lowest BCUT2D eigenvalue weighted by Crippen LogP contribution is -2.61. The second kappa shape index (κ2) is 12.7. The summed E-state index contributed by atoms with van der Waals surface area (Å²) in [7, 11) is 4.36. The summed E-state index contributed by atoms with van der Waals surface area (Å²) in [5.74, 6) is 2.78. The molecule has 2 aliphatic rings. The van der Waals surface area contributed by atoms with Crippen molar-refractivity contribution < 1.29 is 0 Å². The van der Waals surface area contributed by atoms with E-state index in [1.165, 1.54) is 6.42 Å². The maximum Gasteiger partial charge on any atom is 0.226 e. The average Bonchev–Trinajstić information content (AvgIpc) is 3.34. The van der Waals surface area contributed by atoms with E-state index in [4.69, 9.17) is 11.5 Å². The predicted molar refractivity (Wildman–Crippen MR) is 189 cm³/mol. The highest BCUT2D eigenvalue weighted by atomic mass is 15.3. The van der Waals surface area contributed by atoms with Gasteiger partial charge in [-0.2, -0.15) is 19.9 Å². The van der Waals surface area contributed by atoms with Crippen molar-refractivity contribution in [2.45, 2.75) is 91.8 Å². The summed E-state index contributed by atoms with van der Waals surface area (Å²) >= 11 is 0. The summed E-state index contributed by atoms with van der Waals surface area (Å²) in [6.45, 7) is 20.3. The van der Waals surface area contributed by atoms with Gasteiger partial charge < -0.3 is 27.0 Å². The molecule has 2 fully saturated rings. The fourth-order valence-corrected chi connectivity index (χ4v) is 7.25. The number of piperidine rings is 1. The number of nitrogens with zero attached hydrogens (tertiary/aromatic N) is 8. The van der Waals surface area contributed by atoms with Gasteiger partial charge in [0.05, 0.1) is 10.8 Å². The molecule has 4 aromatic rings. The number of likely N-dealkylation sites (tertiary alicyclic amines) is 2. The molecular weight excluding hydrogens is 576 g/mol. The average molecular weight is 629 g/mol. The SMILES string of the molecule is Cc1cc(C)c2c(N)nc(NC3CC(C)(C)N(C)C(C)(C)C3)nc2n1.Cc1cc(C)c2c(N)nc(NCC3CCN(C)C3)nc2n1. The zero-order chi connectivity index (χ0) is 33.6. The third-order valence-corrected chi connectivity index (χ3v) is 9.72. The summed E-state index contributed by atoms with van der Waals surface area (Å²) < 4.78 is 0. The van der Waals surface area contributed by atoms with Crippen molar-refractivity contribution in [1.82, 2.24) is 39.7 Å². The van der Waals surface area contributed by atoms with Crippen LogP contribution in [0.25, 0.3) is 22.1 Å². The molecule has 1 unspecified atom stereocenters. The Morgan fingerprint density at radius 1 is 0.761 bits per heavy atom. The first-order chi connectivity index (χ1) is 21.5. The van der Waals surface area contributed by atoms with Crippen LogP contribution >= 0.6 is 0 Å². The lowest BCUT2D eigenvalue weighted by atomic mass is 9.77. The van der Waals surface area contributed by atoms with E-state index in [0.29, 0.717) is 46.8 Å². The van der Waals surface area contributed by atoms with E-state index in [0.717, 1.165) is 65.8 Å². The first-order valence-electron chi connectivity index (χ1n) is 16.3. The molecule has 2 saturated heterocycles. The Bertz CT molecular complexity index is 1720. The molecule has 12 nitrogen and oxygen atoms in total. The van der Waals surface area contributed by atoms with E-state index in [1.807, 2.05) is 39.8 Å². The van der Waals surface area contributed by atoms with E-state index >= 15 is 0 Å². The molecule has 0 aromatic carbocycles. The molecule has 6 N–H and O–H groups in total. The Morgan fingerprint density at radius 3 is 1.76 bits per heavy atom. The molecule has 4 aromatic heterocycles. The molecule has 2 aliphatic heterocycles. The van der Waals surface area contributed by atoms with Gasteiger partial charge in [-0.25, -0.2) is 9.97 Å². The molecule has 0 aliphatic carbocycles. The third kappa shape index (κ3) is 7.23. The van der Waals surface area contributed by atoms with E-state index in [2.05, 4.69) is 92.1 Å². The molecule has 0 saturated carbocycles. The minimum absolute atomic E-state index is 0.104. The second-order valence-electron chi connectivity index (χ2n) is 14.7. The van der Waals surface area contributed by atoms with Crippen LogP contribution in [0.4, 0.5) is 23.5 Å². The summed E-state index contributed by atoms with van der Waals surface area (Å²) in [5.41, 5.74) is 17.8. The van der Waals surface area contributed by atoms with Gasteiger partial charge in [0.25, 0.3) is 0 Å². The first-order valence-corrected chi connectivity index (χ1v) is 16.3. The van der Waals surface area contributed by atoms with E-state index in [9.17, 15) is 0 Å². The van der Waals surface area contributed by atoms with E-state index in [1.54, 1.807) is 0 Å². The molecular formula is C34H52N12. The number of aromatic nitrogens is 6. The monoisotopic (exact) mass is 628 g/mol. The molecule has 12 heteroatoms. The number of pyridine rings is 2. The van der Waals surface area contributed by atoms with Gasteiger partial charge in [0.1, 0.15) is 11.6 Å². The largest absolute Gasteiger partial charge is 0.383 e. The quantitative estimate of drug-likeness (QED) is 0.238. The molecule has 0 bridgehead atoms. The van der Waals surface area contributed by atoms with E-state index < -0.39 is 0 Å². The number of aryl methyl sites for hydroxylation is 4. The highest BCUT2D eigenvalue weighted by molar-refractivity contribution is 5.90. The van der Waals surface area contributed by atoms with Gasteiger partial charge >= 0.3 is 0 Å². The van der Waals surface area contributed by atoms with Crippen molar-refractivity contribution in [2.75, 3.05) is 55.8 Å². The number of nitrogen functional groups attached to an aromatic ring is 2. The van der Waals surface area contributed by atoms with Gasteiger partial charge in [-0.3, -0.25) is 4.90 Å². The van der Waals surface area contributed by atoms with Gasteiger partial charge in [0.2, 0.25) is 11.9 Å². The van der Waals surface area contributed by atoms with Crippen molar-refractivity contribution in [2.24, 2.45) is 5.92 Å². The molecule has 6 heterocycles. The van der Waals surface area contributed by atoms with Crippen LogP contribution in [0.5, 0.6) is 0 Å². The van der Waals surface area contributed by atoms with Gasteiger partial charge in [0, 0.05) is 41.6 Å². The normalized spacial score (nSPS) is 20.1. The molecule has 248 valence electrons. The molecule has 1 atom stereocenters. The maximum atomic E-state index is 6.20. The minimum atomic E-state index is 0.104. The smallest absolute Gasteiger partial charge is 0.226 e. The lowest BCUT2D eigenvalue weighted by molar-refractivity contribution is -0.00777. The zero-order valence-electron chi connectivity index (χ0n) is 29.3. The standard InChI is InChI=1S/C19H30N6.C15H22N6/c1-11-8-12(2)21-16-14(11)15(20)23-17(24-16)22-13-9-18(3,4)25(7)19(5,6)10-13;1-9-6-10(2)18-14-12(9)13(16)19-15(20-14)17-7-11-4-5-21(3)8-11/h8,13H,9-10H2,1-7H3,(H3,20,21,22,23,24);6,11H,4-5,7-8H2,1-3H3,(H3,16,17,18,19,20). The zero-order valence-corrected chi connectivity index (χ0v) is 29.3. The number of fused-ring (bicyclic) bond motifs is 2. The highest BCUT2D eigenvalue weighted by Gasteiger charge is 2.43. The molecule has 46 heavy (non-hydrogen) atoms. The van der Waals surface area contributed by atoms with Crippen LogP contribution in [0, 0.1) is 33.6 Å². The number of nitrogens with one attached hydrogen (secondary N) is 2. The Hall–Kier alpha value is -3.90.